The summed E-state index contributed by atoms with van der Waals surface area (Å²) >= 11 is 0. The monoisotopic (exact) mass is 355 g/mol. The first-order chi connectivity index (χ1) is 12.6. The van der Waals surface area contributed by atoms with Gasteiger partial charge in [0.25, 0.3) is 0 Å². The van der Waals surface area contributed by atoms with Gasteiger partial charge >= 0.3 is 0 Å². The third kappa shape index (κ3) is 4.29. The second kappa shape index (κ2) is 8.43. The lowest BCUT2D eigenvalue weighted by atomic mass is 10.1. The zero-order chi connectivity index (χ0) is 18.5. The second-order valence-electron chi connectivity index (χ2n) is 6.81. The summed E-state index contributed by atoms with van der Waals surface area (Å²) in [4.78, 5) is 19.0. The van der Waals surface area contributed by atoms with Crippen molar-refractivity contribution in [3.05, 3.63) is 66.0 Å². The molecular formula is C21H26FN3O. The van der Waals surface area contributed by atoms with Crippen LogP contribution in [0.5, 0.6) is 0 Å². The molecule has 4 nitrogen and oxygen atoms in total. The first kappa shape index (κ1) is 18.5. The Morgan fingerprint density at radius 3 is 2.31 bits per heavy atom. The SMILES string of the molecule is C[C@H](C(=O)N(C)c1ccccc1)N1CCN(Cc2ccccc2F)CC1. The van der Waals surface area contributed by atoms with Gasteiger partial charge in [0, 0.05) is 51.0 Å². The number of benzene rings is 2. The minimum atomic E-state index is -0.171. The lowest BCUT2D eigenvalue weighted by molar-refractivity contribution is -0.123. The van der Waals surface area contributed by atoms with Crippen LogP contribution in [0.1, 0.15) is 12.5 Å². The fourth-order valence-electron chi connectivity index (χ4n) is 3.39. The molecule has 0 unspecified atom stereocenters. The first-order valence-corrected chi connectivity index (χ1v) is 9.08. The molecule has 1 atom stereocenters. The van der Waals surface area contributed by atoms with Gasteiger partial charge in [0.2, 0.25) is 5.91 Å². The van der Waals surface area contributed by atoms with Gasteiger partial charge in [-0.2, -0.15) is 0 Å². The van der Waals surface area contributed by atoms with Crippen LogP contribution >= 0.6 is 0 Å². The van der Waals surface area contributed by atoms with Gasteiger partial charge in [-0.15, -0.1) is 0 Å². The van der Waals surface area contributed by atoms with E-state index in [1.807, 2.05) is 56.4 Å². The van der Waals surface area contributed by atoms with Crippen molar-refractivity contribution in [2.24, 2.45) is 0 Å². The molecule has 0 N–H and O–H groups in total. The Bertz CT molecular complexity index is 729. The van der Waals surface area contributed by atoms with Gasteiger partial charge in [0.15, 0.2) is 0 Å². The Hall–Kier alpha value is -2.24. The first-order valence-electron chi connectivity index (χ1n) is 9.08. The minimum absolute atomic E-state index is 0.0961. The van der Waals surface area contributed by atoms with Gasteiger partial charge in [-0.1, -0.05) is 36.4 Å². The Labute approximate surface area is 154 Å². The van der Waals surface area contributed by atoms with Crippen molar-refractivity contribution in [2.45, 2.75) is 19.5 Å². The molecule has 1 aliphatic heterocycles. The fraction of sp³-hybridized carbons (Fsp3) is 0.381. The summed E-state index contributed by atoms with van der Waals surface area (Å²) in [5, 5.41) is 0. The van der Waals surface area contributed by atoms with Gasteiger partial charge in [0.1, 0.15) is 5.82 Å². The molecule has 0 bridgehead atoms. The highest BCUT2D eigenvalue weighted by atomic mass is 19.1. The molecule has 1 saturated heterocycles. The van der Waals surface area contributed by atoms with Gasteiger partial charge in [-0.3, -0.25) is 14.6 Å². The average molecular weight is 355 g/mol. The predicted molar refractivity (Wildman–Crippen MR) is 103 cm³/mol. The maximum absolute atomic E-state index is 13.8. The van der Waals surface area contributed by atoms with E-state index in [1.54, 1.807) is 11.0 Å². The zero-order valence-electron chi connectivity index (χ0n) is 15.4. The molecule has 1 heterocycles. The van der Waals surface area contributed by atoms with Crippen LogP contribution in [0.25, 0.3) is 0 Å². The summed E-state index contributed by atoms with van der Waals surface area (Å²) in [7, 11) is 1.82. The van der Waals surface area contributed by atoms with Gasteiger partial charge in [-0.05, 0) is 25.1 Å². The smallest absolute Gasteiger partial charge is 0.243 e. The van der Waals surface area contributed by atoms with E-state index >= 15 is 0 Å². The number of hydrogen-bond donors (Lipinski definition) is 0. The van der Waals surface area contributed by atoms with Crippen LogP contribution in [0, 0.1) is 5.82 Å². The molecule has 2 aromatic rings. The highest BCUT2D eigenvalue weighted by molar-refractivity contribution is 5.96. The van der Waals surface area contributed by atoms with Gasteiger partial charge < -0.3 is 4.90 Å². The third-order valence-electron chi connectivity index (χ3n) is 5.14. The van der Waals surface area contributed by atoms with Crippen molar-refractivity contribution in [1.82, 2.24) is 9.80 Å². The van der Waals surface area contributed by atoms with Crippen LogP contribution in [0.4, 0.5) is 10.1 Å². The molecule has 3 rings (SSSR count). The highest BCUT2D eigenvalue weighted by Crippen LogP contribution is 2.17. The molecule has 2 aromatic carbocycles. The largest absolute Gasteiger partial charge is 0.314 e. The third-order valence-corrected chi connectivity index (χ3v) is 5.14. The molecule has 0 spiro atoms. The zero-order valence-corrected chi connectivity index (χ0v) is 15.4. The molecule has 1 amide bonds. The normalized spacial score (nSPS) is 17.0. The lowest BCUT2D eigenvalue weighted by Gasteiger charge is -2.38. The number of carbonyl (C=O) groups is 1. The number of carbonyl (C=O) groups excluding carboxylic acids is 1. The molecule has 138 valence electrons. The number of rotatable bonds is 5. The van der Waals surface area contributed by atoms with E-state index in [2.05, 4.69) is 9.80 Å². The number of amides is 1. The predicted octanol–water partition coefficient (Wildman–Crippen LogP) is 2.99. The quantitative estimate of drug-likeness (QED) is 0.825. The lowest BCUT2D eigenvalue weighted by Crippen LogP contribution is -2.54. The summed E-state index contributed by atoms with van der Waals surface area (Å²) < 4.78 is 13.8. The second-order valence-corrected chi connectivity index (χ2v) is 6.81. The van der Waals surface area contributed by atoms with Crippen LogP contribution in [-0.2, 0) is 11.3 Å². The number of anilines is 1. The molecule has 5 heteroatoms. The summed E-state index contributed by atoms with van der Waals surface area (Å²) in [5.41, 5.74) is 1.64. The van der Waals surface area contributed by atoms with E-state index in [9.17, 15) is 9.18 Å². The van der Waals surface area contributed by atoms with Crippen molar-refractivity contribution in [3.63, 3.8) is 0 Å². The Balaban J connectivity index is 1.54. The maximum Gasteiger partial charge on any atom is 0.243 e. The molecule has 1 fully saturated rings. The van der Waals surface area contributed by atoms with Crippen molar-refractivity contribution in [2.75, 3.05) is 38.1 Å². The molecule has 0 aliphatic carbocycles. The van der Waals surface area contributed by atoms with Crippen LogP contribution in [-0.4, -0.2) is 55.0 Å². The molecule has 26 heavy (non-hydrogen) atoms. The maximum atomic E-state index is 13.8. The van der Waals surface area contributed by atoms with Crippen molar-refractivity contribution in [3.8, 4) is 0 Å². The summed E-state index contributed by atoms with van der Waals surface area (Å²) in [6, 6.07) is 16.5. The van der Waals surface area contributed by atoms with Crippen molar-refractivity contribution in [1.29, 1.82) is 0 Å². The van der Waals surface area contributed by atoms with Crippen LogP contribution in [0.3, 0.4) is 0 Å². The number of halogens is 1. The fourth-order valence-corrected chi connectivity index (χ4v) is 3.39. The number of nitrogens with zero attached hydrogens (tertiary/aromatic N) is 3. The summed E-state index contributed by atoms with van der Waals surface area (Å²) in [5.74, 6) is -0.0540. The molecule has 0 aromatic heterocycles. The van der Waals surface area contributed by atoms with E-state index in [1.165, 1.54) is 6.07 Å². The van der Waals surface area contributed by atoms with Gasteiger partial charge in [-0.25, -0.2) is 4.39 Å². The van der Waals surface area contributed by atoms with Crippen molar-refractivity contribution < 1.29 is 9.18 Å². The topological polar surface area (TPSA) is 26.8 Å². The average Bonchev–Trinajstić information content (AvgIpc) is 2.69. The standard InChI is InChI=1S/C21H26FN3O/c1-17(21(26)23(2)19-9-4-3-5-10-19)25-14-12-24(13-15-25)16-18-8-6-7-11-20(18)22/h3-11,17H,12-16H2,1-2H3/t17-/m1/s1. The van der Waals surface area contributed by atoms with E-state index in [4.69, 9.17) is 0 Å². The molecular weight excluding hydrogens is 329 g/mol. The Morgan fingerprint density at radius 1 is 1.04 bits per heavy atom. The van der Waals surface area contributed by atoms with E-state index < -0.39 is 0 Å². The molecule has 1 aliphatic rings. The van der Waals surface area contributed by atoms with E-state index in [0.29, 0.717) is 6.54 Å². The summed E-state index contributed by atoms with van der Waals surface area (Å²) in [6.45, 7) is 5.87. The number of likely N-dealkylation sites (N-methyl/N-ethyl adjacent to an activating group) is 1. The highest BCUT2D eigenvalue weighted by Gasteiger charge is 2.28. The van der Waals surface area contributed by atoms with Gasteiger partial charge in [0.05, 0.1) is 6.04 Å². The van der Waals surface area contributed by atoms with E-state index in [0.717, 1.165) is 37.4 Å². The number of hydrogen-bond acceptors (Lipinski definition) is 3. The van der Waals surface area contributed by atoms with E-state index in [-0.39, 0.29) is 17.8 Å². The molecule has 0 radical (unpaired) electrons. The van der Waals surface area contributed by atoms with Crippen LogP contribution in [0.15, 0.2) is 54.6 Å². The Kier molecular flexibility index (Phi) is 6.01. The minimum Gasteiger partial charge on any atom is -0.314 e. The Morgan fingerprint density at radius 2 is 1.65 bits per heavy atom. The number of piperazine rings is 1. The number of para-hydroxylation sites is 1. The molecule has 0 saturated carbocycles. The van der Waals surface area contributed by atoms with Crippen LogP contribution in [0.2, 0.25) is 0 Å². The summed E-state index contributed by atoms with van der Waals surface area (Å²) in [6.07, 6.45) is 0. The van der Waals surface area contributed by atoms with Crippen molar-refractivity contribution >= 4 is 11.6 Å². The van der Waals surface area contributed by atoms with Crippen LogP contribution < -0.4 is 4.90 Å².